The van der Waals surface area contributed by atoms with Crippen molar-refractivity contribution < 1.29 is 14.3 Å². The van der Waals surface area contributed by atoms with E-state index in [-0.39, 0.29) is 5.97 Å². The van der Waals surface area contributed by atoms with Crippen LogP contribution in [0.4, 0.5) is 0 Å². The van der Waals surface area contributed by atoms with Gasteiger partial charge in [-0.1, -0.05) is 45.4 Å². The number of ether oxygens (including phenoxy) is 1. The van der Waals surface area contributed by atoms with Crippen LogP contribution in [0.3, 0.4) is 0 Å². The number of carbonyl (C=O) groups is 2. The zero-order valence-corrected chi connectivity index (χ0v) is 12.7. The quantitative estimate of drug-likeness (QED) is 0.367. The molecule has 0 fully saturated rings. The fourth-order valence-electron chi connectivity index (χ4n) is 2.10. The maximum absolute atomic E-state index is 11.5. The Morgan fingerprint density at radius 2 is 1.21 bits per heavy atom. The van der Waals surface area contributed by atoms with Crippen molar-refractivity contribution in [1.29, 1.82) is 0 Å². The Bertz CT molecular complexity index is 236. The smallest absolute Gasteiger partial charge is 0.305 e. The van der Waals surface area contributed by atoms with Gasteiger partial charge in [0.2, 0.25) is 0 Å². The van der Waals surface area contributed by atoms with Gasteiger partial charge in [0.15, 0.2) is 0 Å². The molecule has 0 radical (unpaired) electrons. The van der Waals surface area contributed by atoms with Crippen molar-refractivity contribution in [3.8, 4) is 0 Å². The van der Waals surface area contributed by atoms with Crippen LogP contribution < -0.4 is 0 Å². The average Bonchev–Trinajstić information content (AvgIpc) is 2.41. The molecule has 19 heavy (non-hydrogen) atoms. The summed E-state index contributed by atoms with van der Waals surface area (Å²) in [5, 5.41) is 0. The predicted molar refractivity (Wildman–Crippen MR) is 78.1 cm³/mol. The molecule has 112 valence electrons. The molecule has 0 aromatic carbocycles. The van der Waals surface area contributed by atoms with Crippen molar-refractivity contribution in [2.45, 2.75) is 84.0 Å². The molecular formula is C16H30O3. The van der Waals surface area contributed by atoms with E-state index in [1.807, 2.05) is 0 Å². The molecular weight excluding hydrogens is 240 g/mol. The Kier molecular flexibility index (Phi) is 13.0. The summed E-state index contributed by atoms with van der Waals surface area (Å²) < 4.78 is 4.59. The van der Waals surface area contributed by atoms with Gasteiger partial charge >= 0.3 is 5.97 Å². The number of hydrogen-bond donors (Lipinski definition) is 0. The molecule has 0 bridgehead atoms. The van der Waals surface area contributed by atoms with Crippen LogP contribution in [0.25, 0.3) is 0 Å². The molecule has 0 amide bonds. The van der Waals surface area contributed by atoms with E-state index in [0.29, 0.717) is 12.2 Å². The summed E-state index contributed by atoms with van der Waals surface area (Å²) in [4.78, 5) is 22.4. The molecule has 0 aromatic rings. The highest BCUT2D eigenvalue weighted by molar-refractivity contribution is 5.78. The Labute approximate surface area is 118 Å². The summed E-state index contributed by atoms with van der Waals surface area (Å²) in [6, 6.07) is 0. The van der Waals surface area contributed by atoms with Crippen molar-refractivity contribution in [3.05, 3.63) is 0 Å². The summed E-state index contributed by atoms with van der Waals surface area (Å²) >= 11 is 0. The van der Waals surface area contributed by atoms with Crippen LogP contribution in [0.1, 0.15) is 84.0 Å². The number of methoxy groups -OCH3 is 1. The average molecular weight is 270 g/mol. The number of carbonyl (C=O) groups excluding carboxylic acids is 2. The van der Waals surface area contributed by atoms with Crippen LogP contribution in [0.15, 0.2) is 0 Å². The van der Waals surface area contributed by atoms with Gasteiger partial charge < -0.3 is 4.74 Å². The molecule has 0 spiro atoms. The monoisotopic (exact) mass is 270 g/mol. The van der Waals surface area contributed by atoms with E-state index >= 15 is 0 Å². The third kappa shape index (κ3) is 13.4. The molecule has 0 atom stereocenters. The second-order valence-corrected chi connectivity index (χ2v) is 5.19. The number of ketones is 1. The van der Waals surface area contributed by atoms with Crippen molar-refractivity contribution in [2.24, 2.45) is 0 Å². The molecule has 3 heteroatoms. The summed E-state index contributed by atoms with van der Waals surface area (Å²) in [7, 11) is 1.43. The first-order chi connectivity index (χ1) is 9.20. The predicted octanol–water partition coefficient (Wildman–Crippen LogP) is 4.43. The van der Waals surface area contributed by atoms with Crippen molar-refractivity contribution in [1.82, 2.24) is 0 Å². The van der Waals surface area contributed by atoms with E-state index in [9.17, 15) is 9.59 Å². The topological polar surface area (TPSA) is 43.4 Å². The summed E-state index contributed by atoms with van der Waals surface area (Å²) in [5.74, 6) is 0.316. The standard InChI is InChI=1S/C16H30O3/c1-3-4-9-12-15(17)13-10-7-5-6-8-11-14-16(18)19-2/h3-14H2,1-2H3. The first-order valence-corrected chi connectivity index (χ1v) is 7.79. The first-order valence-electron chi connectivity index (χ1n) is 7.79. The van der Waals surface area contributed by atoms with Gasteiger partial charge in [0.05, 0.1) is 7.11 Å². The van der Waals surface area contributed by atoms with Crippen LogP contribution in [-0.2, 0) is 14.3 Å². The number of esters is 1. The molecule has 0 aliphatic rings. The van der Waals surface area contributed by atoms with E-state index in [1.165, 1.54) is 26.4 Å². The van der Waals surface area contributed by atoms with Gasteiger partial charge in [-0.05, 0) is 19.3 Å². The minimum absolute atomic E-state index is 0.113. The minimum Gasteiger partial charge on any atom is -0.469 e. The number of hydrogen-bond acceptors (Lipinski definition) is 3. The lowest BCUT2D eigenvalue weighted by Gasteiger charge is -2.02. The number of unbranched alkanes of at least 4 members (excludes halogenated alkanes) is 7. The zero-order valence-electron chi connectivity index (χ0n) is 12.7. The molecule has 0 aliphatic heterocycles. The largest absolute Gasteiger partial charge is 0.469 e. The van der Waals surface area contributed by atoms with Crippen LogP contribution in [0.2, 0.25) is 0 Å². The van der Waals surface area contributed by atoms with E-state index in [4.69, 9.17) is 0 Å². The lowest BCUT2D eigenvalue weighted by atomic mass is 10.0. The third-order valence-electron chi connectivity index (χ3n) is 3.37. The normalized spacial score (nSPS) is 10.4. The van der Waals surface area contributed by atoms with Crippen molar-refractivity contribution >= 4 is 11.8 Å². The SMILES string of the molecule is CCCCCC(=O)CCCCCCCCC(=O)OC. The Morgan fingerprint density at radius 1 is 0.737 bits per heavy atom. The van der Waals surface area contributed by atoms with E-state index < -0.39 is 0 Å². The molecule has 0 heterocycles. The van der Waals surface area contributed by atoms with Gasteiger partial charge in [0.25, 0.3) is 0 Å². The summed E-state index contributed by atoms with van der Waals surface area (Å²) in [5.41, 5.74) is 0. The van der Waals surface area contributed by atoms with Gasteiger partial charge in [0.1, 0.15) is 5.78 Å². The molecule has 0 rings (SSSR count). The van der Waals surface area contributed by atoms with Gasteiger partial charge in [-0.3, -0.25) is 9.59 Å². The maximum Gasteiger partial charge on any atom is 0.305 e. The van der Waals surface area contributed by atoms with Crippen LogP contribution >= 0.6 is 0 Å². The van der Waals surface area contributed by atoms with Crippen LogP contribution in [0.5, 0.6) is 0 Å². The first kappa shape index (κ1) is 18.1. The fraction of sp³-hybridized carbons (Fsp3) is 0.875. The molecule has 0 saturated heterocycles. The Morgan fingerprint density at radius 3 is 1.74 bits per heavy atom. The van der Waals surface area contributed by atoms with Gasteiger partial charge in [-0.2, -0.15) is 0 Å². The van der Waals surface area contributed by atoms with Crippen molar-refractivity contribution in [2.75, 3.05) is 7.11 Å². The van der Waals surface area contributed by atoms with Gasteiger partial charge in [-0.25, -0.2) is 0 Å². The lowest BCUT2D eigenvalue weighted by molar-refractivity contribution is -0.140. The lowest BCUT2D eigenvalue weighted by Crippen LogP contribution is -1.99. The van der Waals surface area contributed by atoms with Crippen LogP contribution in [0, 0.1) is 0 Å². The molecule has 0 unspecified atom stereocenters. The number of Topliss-reactive ketones (excluding diaryl/α,β-unsaturated/α-hetero) is 1. The minimum atomic E-state index is -0.113. The summed E-state index contributed by atoms with van der Waals surface area (Å²) in [6.45, 7) is 2.16. The van der Waals surface area contributed by atoms with Gasteiger partial charge in [0, 0.05) is 19.3 Å². The number of rotatable bonds is 13. The van der Waals surface area contributed by atoms with E-state index in [1.54, 1.807) is 0 Å². The highest BCUT2D eigenvalue weighted by atomic mass is 16.5. The second-order valence-electron chi connectivity index (χ2n) is 5.19. The molecule has 0 aliphatic carbocycles. The third-order valence-corrected chi connectivity index (χ3v) is 3.37. The fourth-order valence-corrected chi connectivity index (χ4v) is 2.10. The molecule has 0 saturated carbocycles. The summed E-state index contributed by atoms with van der Waals surface area (Å²) in [6.07, 6.45) is 12.0. The second kappa shape index (κ2) is 13.6. The van der Waals surface area contributed by atoms with Gasteiger partial charge in [-0.15, -0.1) is 0 Å². The van der Waals surface area contributed by atoms with E-state index in [0.717, 1.165) is 51.4 Å². The molecule has 0 N–H and O–H groups in total. The Balaban J connectivity index is 3.18. The maximum atomic E-state index is 11.5. The highest BCUT2D eigenvalue weighted by Gasteiger charge is 2.02. The Hall–Kier alpha value is -0.860. The van der Waals surface area contributed by atoms with Crippen molar-refractivity contribution in [3.63, 3.8) is 0 Å². The molecule has 3 nitrogen and oxygen atoms in total. The highest BCUT2D eigenvalue weighted by Crippen LogP contribution is 2.10. The molecule has 0 aromatic heterocycles. The zero-order chi connectivity index (χ0) is 14.3. The van der Waals surface area contributed by atoms with Crippen LogP contribution in [-0.4, -0.2) is 18.9 Å². The van der Waals surface area contributed by atoms with E-state index in [2.05, 4.69) is 11.7 Å².